The van der Waals surface area contributed by atoms with Crippen molar-refractivity contribution in [2.45, 2.75) is 18.2 Å². The molecule has 0 saturated heterocycles. The highest BCUT2D eigenvalue weighted by Crippen LogP contribution is 2.42. The molecule has 0 aliphatic carbocycles. The highest BCUT2D eigenvalue weighted by Gasteiger charge is 2.19. The lowest BCUT2D eigenvalue weighted by molar-refractivity contribution is 0.0992. The minimum absolute atomic E-state index is 0.00830. The quantitative estimate of drug-likeness (QED) is 0.590. The largest absolute Gasteiger partial charge is 0.396 e. The van der Waals surface area contributed by atoms with E-state index >= 15 is 0 Å². The van der Waals surface area contributed by atoms with E-state index in [9.17, 15) is 13.2 Å². The Hall–Kier alpha value is -0.730. The molecule has 108 valence electrons. The first kappa shape index (κ1) is 16.3. The molecule has 0 spiro atoms. The molecule has 3 N–H and O–H groups in total. The van der Waals surface area contributed by atoms with E-state index in [2.05, 4.69) is 5.32 Å². The number of anilines is 2. The van der Waals surface area contributed by atoms with Gasteiger partial charge in [0.2, 0.25) is 0 Å². The van der Waals surface area contributed by atoms with Crippen LogP contribution in [-0.4, -0.2) is 39.0 Å². The van der Waals surface area contributed by atoms with E-state index in [0.29, 0.717) is 23.5 Å². The molecule has 19 heavy (non-hydrogen) atoms. The van der Waals surface area contributed by atoms with Crippen LogP contribution in [0.3, 0.4) is 0 Å². The lowest BCUT2D eigenvalue weighted by atomic mass is 10.2. The molecule has 0 radical (unpaired) electrons. The third-order valence-electron chi connectivity index (χ3n) is 2.44. The van der Waals surface area contributed by atoms with Gasteiger partial charge in [0.25, 0.3) is 0 Å². The molecule has 0 fully saturated rings. The van der Waals surface area contributed by atoms with E-state index in [1.54, 1.807) is 6.92 Å². The lowest BCUT2D eigenvalue weighted by Gasteiger charge is -2.05. The van der Waals surface area contributed by atoms with Crippen LogP contribution in [0.5, 0.6) is 0 Å². The molecular weight excluding hydrogens is 304 g/mol. The van der Waals surface area contributed by atoms with Crippen molar-refractivity contribution in [3.8, 4) is 0 Å². The topological polar surface area (TPSA) is 89.3 Å². The number of ketones is 1. The lowest BCUT2D eigenvalue weighted by Crippen LogP contribution is -2.13. The Morgan fingerprint density at radius 1 is 1.47 bits per heavy atom. The van der Waals surface area contributed by atoms with Crippen molar-refractivity contribution >= 4 is 49.4 Å². The Bertz CT molecular complexity index is 564. The number of thiophene rings is 1. The molecular formula is C11H18N2O3S3. The number of carbonyl (C=O) groups is 1. The van der Waals surface area contributed by atoms with Crippen LogP contribution in [-0.2, 0) is 9.84 Å². The maximum Gasteiger partial charge on any atom is 0.174 e. The maximum atomic E-state index is 11.7. The van der Waals surface area contributed by atoms with E-state index in [0.717, 1.165) is 9.90 Å². The van der Waals surface area contributed by atoms with E-state index in [4.69, 9.17) is 5.73 Å². The van der Waals surface area contributed by atoms with Crippen molar-refractivity contribution in [2.24, 2.45) is 0 Å². The van der Waals surface area contributed by atoms with Crippen LogP contribution in [0.25, 0.3) is 0 Å². The van der Waals surface area contributed by atoms with Gasteiger partial charge in [-0.1, -0.05) is 6.92 Å². The Morgan fingerprint density at radius 2 is 2.11 bits per heavy atom. The predicted molar refractivity (Wildman–Crippen MR) is 83.3 cm³/mol. The first-order valence-electron chi connectivity index (χ1n) is 5.71. The van der Waals surface area contributed by atoms with Gasteiger partial charge < -0.3 is 11.1 Å². The number of nitrogen functional groups attached to an aromatic ring is 1. The molecule has 0 aliphatic heterocycles. The number of thioether (sulfide) groups is 1. The van der Waals surface area contributed by atoms with Crippen LogP contribution >= 0.6 is 23.1 Å². The number of carbonyl (C=O) groups excluding carboxylic acids is 1. The maximum absolute atomic E-state index is 11.7. The molecule has 1 heterocycles. The van der Waals surface area contributed by atoms with Gasteiger partial charge in [-0.25, -0.2) is 8.42 Å². The fraction of sp³-hybridized carbons (Fsp3) is 0.545. The minimum atomic E-state index is -3.00. The molecule has 5 nitrogen and oxygen atoms in total. The number of nitrogens with one attached hydrogen (secondary N) is 1. The van der Waals surface area contributed by atoms with Crippen LogP contribution in [0.4, 0.5) is 10.7 Å². The smallest absolute Gasteiger partial charge is 0.174 e. The molecule has 8 heteroatoms. The fourth-order valence-electron chi connectivity index (χ4n) is 1.47. The molecule has 1 aromatic rings. The first-order valence-corrected chi connectivity index (χ1v) is 9.81. The number of nitrogens with two attached hydrogens (primary N) is 1. The Kier molecular flexibility index (Phi) is 5.69. The van der Waals surface area contributed by atoms with Crippen molar-refractivity contribution in [2.75, 3.05) is 35.9 Å². The SMILES string of the molecule is CCC(=O)c1sc(NCCS(C)(=O)=O)c(SC)c1N. The summed E-state index contributed by atoms with van der Waals surface area (Å²) < 4.78 is 22.2. The third-order valence-corrected chi connectivity index (χ3v) is 5.55. The number of Topliss-reactive ketones (excluding diaryl/α,β-unsaturated/α-hetero) is 1. The summed E-state index contributed by atoms with van der Waals surface area (Å²) in [7, 11) is -3.00. The van der Waals surface area contributed by atoms with Crippen molar-refractivity contribution in [3.05, 3.63) is 4.88 Å². The average Bonchev–Trinajstić information content (AvgIpc) is 2.63. The molecule has 0 bridgehead atoms. The average molecular weight is 322 g/mol. The molecule has 0 saturated carbocycles. The van der Waals surface area contributed by atoms with Crippen molar-refractivity contribution < 1.29 is 13.2 Å². The standard InChI is InChI=1S/C11H18N2O3S3/c1-4-7(14)9-8(12)10(17-2)11(18-9)13-5-6-19(3,15)16/h13H,4-6,12H2,1-3H3. The molecule has 0 aliphatic rings. The van der Waals surface area contributed by atoms with Crippen molar-refractivity contribution in [1.29, 1.82) is 0 Å². The van der Waals surface area contributed by atoms with Gasteiger partial charge in [0, 0.05) is 19.2 Å². The van der Waals surface area contributed by atoms with E-state index in [1.807, 2.05) is 6.26 Å². The summed E-state index contributed by atoms with van der Waals surface area (Å²) >= 11 is 2.74. The second-order valence-corrected chi connectivity index (χ2v) is 8.14. The predicted octanol–water partition coefficient (Wildman–Crippen LogP) is 2.10. The minimum Gasteiger partial charge on any atom is -0.396 e. The van der Waals surface area contributed by atoms with Crippen LogP contribution in [0.1, 0.15) is 23.0 Å². The Balaban J connectivity index is 2.92. The summed E-state index contributed by atoms with van der Waals surface area (Å²) in [5, 5.41) is 3.82. The zero-order valence-electron chi connectivity index (χ0n) is 11.1. The number of rotatable bonds is 7. The zero-order chi connectivity index (χ0) is 14.6. The van der Waals surface area contributed by atoms with Crippen LogP contribution < -0.4 is 11.1 Å². The van der Waals surface area contributed by atoms with Gasteiger partial charge in [-0.2, -0.15) is 0 Å². The summed E-state index contributed by atoms with van der Waals surface area (Å²) in [5.41, 5.74) is 6.45. The van der Waals surface area contributed by atoms with Gasteiger partial charge in [0.15, 0.2) is 5.78 Å². The number of hydrogen-bond donors (Lipinski definition) is 2. The van der Waals surface area contributed by atoms with Gasteiger partial charge in [0.05, 0.1) is 21.2 Å². The highest BCUT2D eigenvalue weighted by atomic mass is 32.2. The summed E-state index contributed by atoms with van der Waals surface area (Å²) in [4.78, 5) is 13.1. The fourth-order valence-corrected chi connectivity index (χ4v) is 4.01. The number of sulfone groups is 1. The van der Waals surface area contributed by atoms with E-state index < -0.39 is 9.84 Å². The second-order valence-electron chi connectivity index (χ2n) is 4.04. The molecule has 1 rings (SSSR count). The first-order chi connectivity index (χ1) is 8.80. The molecule has 1 aromatic heterocycles. The van der Waals surface area contributed by atoms with E-state index in [-0.39, 0.29) is 11.5 Å². The van der Waals surface area contributed by atoms with Gasteiger partial charge in [-0.3, -0.25) is 4.79 Å². The highest BCUT2D eigenvalue weighted by molar-refractivity contribution is 7.99. The zero-order valence-corrected chi connectivity index (χ0v) is 13.6. The summed E-state index contributed by atoms with van der Waals surface area (Å²) in [5.74, 6) is 0.0596. The van der Waals surface area contributed by atoms with E-state index in [1.165, 1.54) is 29.4 Å². The van der Waals surface area contributed by atoms with Crippen molar-refractivity contribution in [3.63, 3.8) is 0 Å². The second kappa shape index (κ2) is 6.62. The molecule has 0 amide bonds. The van der Waals surface area contributed by atoms with Crippen LogP contribution in [0.15, 0.2) is 4.90 Å². The van der Waals surface area contributed by atoms with Gasteiger partial charge in [-0.15, -0.1) is 23.1 Å². The molecule has 0 aromatic carbocycles. The van der Waals surface area contributed by atoms with Gasteiger partial charge in [-0.05, 0) is 6.26 Å². The normalized spacial score (nSPS) is 11.5. The van der Waals surface area contributed by atoms with Gasteiger partial charge in [0.1, 0.15) is 14.8 Å². The molecule has 0 unspecified atom stereocenters. The Morgan fingerprint density at radius 3 is 2.58 bits per heavy atom. The summed E-state index contributed by atoms with van der Waals surface area (Å²) in [6.45, 7) is 2.10. The van der Waals surface area contributed by atoms with Gasteiger partial charge >= 0.3 is 0 Å². The van der Waals surface area contributed by atoms with Crippen molar-refractivity contribution in [1.82, 2.24) is 0 Å². The Labute approximate surface area is 121 Å². The van der Waals surface area contributed by atoms with Crippen LogP contribution in [0.2, 0.25) is 0 Å². The monoisotopic (exact) mass is 322 g/mol. The summed E-state index contributed by atoms with van der Waals surface area (Å²) in [6, 6.07) is 0. The number of hydrogen-bond acceptors (Lipinski definition) is 7. The summed E-state index contributed by atoms with van der Waals surface area (Å²) in [6.07, 6.45) is 3.47. The van der Waals surface area contributed by atoms with Crippen LogP contribution in [0, 0.1) is 0 Å². The third kappa shape index (κ3) is 4.39. The molecule has 0 atom stereocenters.